The summed E-state index contributed by atoms with van der Waals surface area (Å²) in [5.74, 6) is 0.00981. The molecule has 3 amide bonds. The first kappa shape index (κ1) is 27.5. The van der Waals surface area contributed by atoms with Gasteiger partial charge in [-0.15, -0.1) is 0 Å². The Balaban J connectivity index is 1.50. The summed E-state index contributed by atoms with van der Waals surface area (Å²) in [5.41, 5.74) is 1.41. The normalized spacial score (nSPS) is 18.7. The fraction of sp³-hybridized carbons (Fsp3) is 0.429. The zero-order chi connectivity index (χ0) is 28.8. The third-order valence-corrected chi connectivity index (χ3v) is 6.78. The van der Waals surface area contributed by atoms with Gasteiger partial charge in [-0.2, -0.15) is 0 Å². The summed E-state index contributed by atoms with van der Waals surface area (Å²) < 4.78 is 45.9. The van der Waals surface area contributed by atoms with E-state index in [0.29, 0.717) is 33.2 Å². The minimum Gasteiger partial charge on any atom is -0.474 e. The Hall–Kier alpha value is -4.06. The van der Waals surface area contributed by atoms with Crippen LogP contribution in [-0.4, -0.2) is 66.3 Å². The largest absolute Gasteiger partial charge is 0.474 e. The lowest BCUT2D eigenvalue weighted by molar-refractivity contribution is 0.0566. The van der Waals surface area contributed by atoms with E-state index in [2.05, 4.69) is 20.6 Å². The summed E-state index contributed by atoms with van der Waals surface area (Å²) in [7, 11) is 0. The molecule has 2 aromatic heterocycles. The van der Waals surface area contributed by atoms with Crippen LogP contribution in [0.15, 0.2) is 24.5 Å². The first-order valence-electron chi connectivity index (χ1n) is 12.9. The quantitative estimate of drug-likeness (QED) is 0.465. The maximum Gasteiger partial charge on any atom is 0.415 e. The van der Waals surface area contributed by atoms with E-state index in [1.165, 1.54) is 17.3 Å². The van der Waals surface area contributed by atoms with Crippen molar-refractivity contribution in [2.24, 2.45) is 0 Å². The number of rotatable bonds is 3. The van der Waals surface area contributed by atoms with Crippen LogP contribution in [0.2, 0.25) is 0 Å². The lowest BCUT2D eigenvalue weighted by Gasteiger charge is -2.32. The molecule has 0 aliphatic carbocycles. The summed E-state index contributed by atoms with van der Waals surface area (Å²) in [6.07, 6.45) is 1.16. The van der Waals surface area contributed by atoms with E-state index in [1.54, 1.807) is 46.8 Å². The van der Waals surface area contributed by atoms with Crippen molar-refractivity contribution in [2.75, 3.05) is 36.6 Å². The topological polar surface area (TPSA) is 115 Å². The Kier molecular flexibility index (Phi) is 7.21. The van der Waals surface area contributed by atoms with E-state index in [4.69, 9.17) is 14.2 Å². The number of carbonyl (C=O) groups excluding carboxylic acids is 2. The molecular weight excluding hydrogens is 524 g/mol. The van der Waals surface area contributed by atoms with E-state index in [-0.39, 0.29) is 43.6 Å². The predicted molar refractivity (Wildman–Crippen MR) is 145 cm³/mol. The fourth-order valence-electron chi connectivity index (χ4n) is 4.80. The summed E-state index contributed by atoms with van der Waals surface area (Å²) in [6.45, 7) is 9.29. The third-order valence-electron chi connectivity index (χ3n) is 6.78. The Labute approximate surface area is 230 Å². The number of fused-ring (bicyclic) bond motifs is 2. The molecule has 0 bridgehead atoms. The lowest BCUT2D eigenvalue weighted by atomic mass is 9.95. The van der Waals surface area contributed by atoms with Gasteiger partial charge in [0.05, 0.1) is 25.8 Å². The average molecular weight is 556 g/mol. The van der Waals surface area contributed by atoms with Crippen LogP contribution in [0.4, 0.5) is 29.9 Å². The average Bonchev–Trinajstić information content (AvgIpc) is 3.29. The van der Waals surface area contributed by atoms with Crippen LogP contribution >= 0.6 is 0 Å². The summed E-state index contributed by atoms with van der Waals surface area (Å²) in [6, 6.07) is 1.89. The summed E-state index contributed by atoms with van der Waals surface area (Å²) in [4.78, 5) is 35.5. The van der Waals surface area contributed by atoms with Crippen molar-refractivity contribution in [1.29, 1.82) is 0 Å². The molecule has 0 spiro atoms. The van der Waals surface area contributed by atoms with E-state index < -0.39 is 35.8 Å². The first-order valence-corrected chi connectivity index (χ1v) is 12.9. The minimum absolute atomic E-state index is 0.0641. The highest BCUT2D eigenvalue weighted by Crippen LogP contribution is 2.41. The van der Waals surface area contributed by atoms with E-state index in [0.717, 1.165) is 0 Å². The number of nitrogens with zero attached hydrogens (tertiary/aromatic N) is 3. The second-order valence-electron chi connectivity index (χ2n) is 10.8. The maximum atomic E-state index is 15.8. The molecule has 2 N–H and O–H groups in total. The van der Waals surface area contributed by atoms with Gasteiger partial charge in [-0.1, -0.05) is 0 Å². The number of ether oxygens (including phenoxy) is 3. The van der Waals surface area contributed by atoms with E-state index in [9.17, 15) is 14.0 Å². The van der Waals surface area contributed by atoms with Crippen molar-refractivity contribution in [3.05, 3.63) is 41.5 Å². The molecule has 0 unspecified atom stereocenters. The van der Waals surface area contributed by atoms with Crippen molar-refractivity contribution in [3.63, 3.8) is 0 Å². The molecule has 10 nitrogen and oxygen atoms in total. The minimum atomic E-state index is -1.28. The number of alkyl halides is 1. The molecule has 3 aromatic rings. The molecule has 40 heavy (non-hydrogen) atoms. The molecule has 0 radical (unpaired) electrons. The van der Waals surface area contributed by atoms with Crippen molar-refractivity contribution in [2.45, 2.75) is 52.4 Å². The number of urea groups is 1. The smallest absolute Gasteiger partial charge is 0.415 e. The zero-order valence-corrected chi connectivity index (χ0v) is 22.9. The van der Waals surface area contributed by atoms with Crippen molar-refractivity contribution in [1.82, 2.24) is 15.3 Å². The number of benzene rings is 1. The highest BCUT2D eigenvalue weighted by molar-refractivity contribution is 5.97. The van der Waals surface area contributed by atoms with Crippen LogP contribution in [0.3, 0.4) is 0 Å². The molecule has 1 aromatic carbocycles. The number of amides is 3. The number of aryl methyl sites for hydroxylation is 1. The lowest BCUT2D eigenvalue weighted by Crippen LogP contribution is -2.43. The van der Waals surface area contributed by atoms with Gasteiger partial charge in [0, 0.05) is 28.9 Å². The van der Waals surface area contributed by atoms with Crippen LogP contribution in [0, 0.1) is 19.7 Å². The number of hydrogen-bond donors (Lipinski definition) is 2. The molecule has 2 aliphatic heterocycles. The molecule has 4 heterocycles. The predicted octanol–water partition coefficient (Wildman–Crippen LogP) is 5.05. The Morgan fingerprint density at radius 2 is 1.88 bits per heavy atom. The van der Waals surface area contributed by atoms with Gasteiger partial charge in [-0.3, -0.25) is 10.2 Å². The molecule has 2 aliphatic rings. The van der Waals surface area contributed by atoms with Gasteiger partial charge in [0.15, 0.2) is 0 Å². The Morgan fingerprint density at radius 1 is 1.10 bits per heavy atom. The molecule has 5 rings (SSSR count). The van der Waals surface area contributed by atoms with Crippen molar-refractivity contribution in [3.8, 4) is 17.0 Å². The van der Waals surface area contributed by atoms with Gasteiger partial charge in [-0.25, -0.2) is 28.3 Å². The van der Waals surface area contributed by atoms with Gasteiger partial charge in [0.2, 0.25) is 5.88 Å². The van der Waals surface area contributed by atoms with Crippen molar-refractivity contribution < 1.29 is 32.6 Å². The molecule has 2 atom stereocenters. The molecule has 0 saturated carbocycles. The second kappa shape index (κ2) is 10.5. The van der Waals surface area contributed by atoms with Gasteiger partial charge in [0.1, 0.15) is 35.7 Å². The molecule has 1 saturated heterocycles. The fourth-order valence-corrected chi connectivity index (χ4v) is 4.80. The standard InChI is InChI=1S/C28H31F2N5O5/c1-14-18-10-31-22(34-26(36)33-21-13-38-12-20(21)29)9-16(18)8-17(23(14)30)19-11-32-25-24(15(19)2)35(6-7-39-25)27(37)40-28(3,4)5/h8-11,20-21H,6-7,12-13H2,1-5H3,(H2,31,33,34,36)/t20-,21+/m1/s1. The van der Waals surface area contributed by atoms with Gasteiger partial charge in [0.25, 0.3) is 0 Å². The maximum absolute atomic E-state index is 15.8. The number of aromatic nitrogens is 2. The second-order valence-corrected chi connectivity index (χ2v) is 10.8. The van der Waals surface area contributed by atoms with Crippen LogP contribution in [-0.2, 0) is 9.47 Å². The number of hydrogen-bond acceptors (Lipinski definition) is 7. The van der Waals surface area contributed by atoms with Gasteiger partial charge < -0.3 is 19.5 Å². The molecule has 12 heteroatoms. The van der Waals surface area contributed by atoms with Crippen LogP contribution < -0.4 is 20.3 Å². The monoisotopic (exact) mass is 555 g/mol. The van der Waals surface area contributed by atoms with Crippen LogP contribution in [0.1, 0.15) is 31.9 Å². The third kappa shape index (κ3) is 5.35. The highest BCUT2D eigenvalue weighted by atomic mass is 19.1. The van der Waals surface area contributed by atoms with E-state index >= 15 is 4.39 Å². The molecular formula is C28H31F2N5O5. The van der Waals surface area contributed by atoms with E-state index in [1.807, 2.05) is 0 Å². The Morgan fingerprint density at radius 3 is 2.58 bits per heavy atom. The Bertz CT molecular complexity index is 1490. The number of carbonyl (C=O) groups is 2. The number of anilines is 2. The van der Waals surface area contributed by atoms with Crippen LogP contribution in [0.25, 0.3) is 21.9 Å². The summed E-state index contributed by atoms with van der Waals surface area (Å²) in [5, 5.41) is 6.31. The summed E-state index contributed by atoms with van der Waals surface area (Å²) >= 11 is 0. The highest BCUT2D eigenvalue weighted by Gasteiger charge is 2.32. The number of pyridine rings is 2. The van der Waals surface area contributed by atoms with Crippen molar-refractivity contribution >= 4 is 34.4 Å². The van der Waals surface area contributed by atoms with Crippen LogP contribution in [0.5, 0.6) is 5.88 Å². The molecule has 1 fully saturated rings. The number of nitrogens with one attached hydrogen (secondary N) is 2. The first-order chi connectivity index (χ1) is 18.9. The SMILES string of the molecule is Cc1c(-c2cc3cc(NC(=O)N[C@H]4COC[C@H]4F)ncc3c(C)c2F)cnc2c1N(C(=O)OC(C)(C)C)CCO2. The van der Waals surface area contributed by atoms with Gasteiger partial charge >= 0.3 is 12.1 Å². The number of halogens is 2. The molecule has 212 valence electrons. The van der Waals surface area contributed by atoms with Gasteiger partial charge in [-0.05, 0) is 63.3 Å². The zero-order valence-electron chi connectivity index (χ0n) is 22.9.